The minimum Gasteiger partial charge on any atom is -0.482 e. The predicted octanol–water partition coefficient (Wildman–Crippen LogP) is 4.63. The number of hydrogen-bond acceptors (Lipinski definition) is 3. The molecule has 0 bridgehead atoms. The van der Waals surface area contributed by atoms with E-state index in [9.17, 15) is 9.59 Å². The van der Waals surface area contributed by atoms with Gasteiger partial charge in [-0.15, -0.1) is 0 Å². The van der Waals surface area contributed by atoms with Crippen LogP contribution in [0.2, 0.25) is 5.02 Å². The van der Waals surface area contributed by atoms with Gasteiger partial charge in [-0.05, 0) is 43.9 Å². The molecule has 0 radical (unpaired) electrons. The highest BCUT2D eigenvalue weighted by Crippen LogP contribution is 2.23. The van der Waals surface area contributed by atoms with E-state index in [1.807, 2.05) is 30.3 Å². The molecule has 31 heavy (non-hydrogen) atoms. The van der Waals surface area contributed by atoms with Crippen LogP contribution >= 0.6 is 11.6 Å². The standard InChI is InChI=1S/C25H31ClN2O3/c1-19(25(30)27-21-12-6-3-7-13-21)28(17-16-20-10-4-2-5-11-20)24(29)18-31-23-15-9-8-14-22(23)26/h2,4-5,8-11,14-15,19,21H,3,6-7,12-13,16-18H2,1H3,(H,27,30)/t19-/m0/s1. The van der Waals surface area contributed by atoms with Crippen molar-refractivity contribution in [3.05, 3.63) is 65.2 Å². The highest BCUT2D eigenvalue weighted by atomic mass is 35.5. The van der Waals surface area contributed by atoms with Gasteiger partial charge in [-0.25, -0.2) is 0 Å². The Morgan fingerprint density at radius 3 is 2.45 bits per heavy atom. The van der Waals surface area contributed by atoms with Crippen molar-refractivity contribution < 1.29 is 14.3 Å². The van der Waals surface area contributed by atoms with Gasteiger partial charge in [0.25, 0.3) is 5.91 Å². The summed E-state index contributed by atoms with van der Waals surface area (Å²) in [5.41, 5.74) is 1.12. The highest BCUT2D eigenvalue weighted by molar-refractivity contribution is 6.32. The molecule has 0 unspecified atom stereocenters. The molecule has 1 aliphatic rings. The second-order valence-electron chi connectivity index (χ2n) is 8.06. The van der Waals surface area contributed by atoms with Gasteiger partial charge in [-0.2, -0.15) is 0 Å². The van der Waals surface area contributed by atoms with Crippen molar-refractivity contribution in [1.82, 2.24) is 10.2 Å². The molecule has 1 aliphatic carbocycles. The Labute approximate surface area is 189 Å². The van der Waals surface area contributed by atoms with Crippen LogP contribution in [0, 0.1) is 0 Å². The van der Waals surface area contributed by atoms with Crippen LogP contribution in [0.1, 0.15) is 44.6 Å². The fraction of sp³-hybridized carbons (Fsp3) is 0.440. The lowest BCUT2D eigenvalue weighted by atomic mass is 9.95. The first-order valence-corrected chi connectivity index (χ1v) is 11.4. The summed E-state index contributed by atoms with van der Waals surface area (Å²) in [6.07, 6.45) is 6.18. The van der Waals surface area contributed by atoms with Crippen molar-refractivity contribution in [1.29, 1.82) is 0 Å². The summed E-state index contributed by atoms with van der Waals surface area (Å²) in [5.74, 6) is 0.119. The van der Waals surface area contributed by atoms with Crippen molar-refractivity contribution in [2.45, 2.75) is 57.5 Å². The number of rotatable bonds is 9. The van der Waals surface area contributed by atoms with Crippen LogP contribution in [-0.4, -0.2) is 41.9 Å². The molecule has 166 valence electrons. The van der Waals surface area contributed by atoms with Crippen molar-refractivity contribution >= 4 is 23.4 Å². The van der Waals surface area contributed by atoms with E-state index in [4.69, 9.17) is 16.3 Å². The number of halogens is 1. The Morgan fingerprint density at radius 1 is 1.06 bits per heavy atom. The maximum absolute atomic E-state index is 13.1. The van der Waals surface area contributed by atoms with Gasteiger partial charge in [0.05, 0.1) is 5.02 Å². The fourth-order valence-electron chi connectivity index (χ4n) is 3.92. The lowest BCUT2D eigenvalue weighted by Crippen LogP contribution is -2.52. The Hall–Kier alpha value is -2.53. The lowest BCUT2D eigenvalue weighted by Gasteiger charge is -2.31. The average Bonchev–Trinajstić information content (AvgIpc) is 2.80. The van der Waals surface area contributed by atoms with Crippen LogP contribution in [0.3, 0.4) is 0 Å². The van der Waals surface area contributed by atoms with E-state index in [2.05, 4.69) is 5.32 Å². The Kier molecular flexibility index (Phi) is 8.77. The normalized spacial score (nSPS) is 15.2. The lowest BCUT2D eigenvalue weighted by molar-refractivity contribution is -0.141. The molecule has 3 rings (SSSR count). The number of benzene rings is 2. The smallest absolute Gasteiger partial charge is 0.261 e. The number of hydrogen-bond donors (Lipinski definition) is 1. The molecule has 0 aromatic heterocycles. The molecule has 0 aliphatic heterocycles. The van der Waals surface area contributed by atoms with Gasteiger partial charge >= 0.3 is 0 Å². The van der Waals surface area contributed by atoms with Gasteiger partial charge in [0.1, 0.15) is 11.8 Å². The molecule has 1 fully saturated rings. The molecule has 2 aromatic carbocycles. The van der Waals surface area contributed by atoms with E-state index in [1.54, 1.807) is 36.1 Å². The first-order chi connectivity index (χ1) is 15.0. The molecule has 1 atom stereocenters. The molecule has 0 heterocycles. The number of nitrogens with zero attached hydrogens (tertiary/aromatic N) is 1. The van der Waals surface area contributed by atoms with Gasteiger partial charge in [0.2, 0.25) is 5.91 Å². The van der Waals surface area contributed by atoms with Gasteiger partial charge in [-0.3, -0.25) is 9.59 Å². The molecule has 0 saturated heterocycles. The van der Waals surface area contributed by atoms with Crippen LogP contribution in [0.5, 0.6) is 5.75 Å². The minimum atomic E-state index is -0.576. The molecule has 1 N–H and O–H groups in total. The molecule has 2 amide bonds. The summed E-state index contributed by atoms with van der Waals surface area (Å²) >= 11 is 6.14. The number of carbonyl (C=O) groups excluding carboxylic acids is 2. The minimum absolute atomic E-state index is 0.106. The summed E-state index contributed by atoms with van der Waals surface area (Å²) in [6.45, 7) is 2.06. The van der Waals surface area contributed by atoms with Gasteiger partial charge in [-0.1, -0.05) is 73.3 Å². The second-order valence-corrected chi connectivity index (χ2v) is 8.47. The number of para-hydroxylation sites is 1. The summed E-state index contributed by atoms with van der Waals surface area (Å²) in [6, 6.07) is 16.6. The van der Waals surface area contributed by atoms with Crippen molar-refractivity contribution in [2.24, 2.45) is 0 Å². The zero-order valence-corrected chi connectivity index (χ0v) is 18.8. The molecule has 2 aromatic rings. The van der Waals surface area contributed by atoms with E-state index >= 15 is 0 Å². The largest absolute Gasteiger partial charge is 0.482 e. The average molecular weight is 443 g/mol. The van der Waals surface area contributed by atoms with Crippen LogP contribution < -0.4 is 10.1 Å². The van der Waals surface area contributed by atoms with Gasteiger partial charge in [0, 0.05) is 12.6 Å². The first-order valence-electron chi connectivity index (χ1n) is 11.1. The van der Waals surface area contributed by atoms with Crippen molar-refractivity contribution in [3.63, 3.8) is 0 Å². The topological polar surface area (TPSA) is 58.6 Å². The molecule has 0 spiro atoms. The van der Waals surface area contributed by atoms with E-state index in [0.717, 1.165) is 31.2 Å². The third kappa shape index (κ3) is 7.00. The van der Waals surface area contributed by atoms with Gasteiger partial charge in [0.15, 0.2) is 6.61 Å². The number of carbonyl (C=O) groups is 2. The molecule has 6 heteroatoms. The Bertz CT molecular complexity index is 853. The van der Waals surface area contributed by atoms with E-state index in [0.29, 0.717) is 23.7 Å². The Morgan fingerprint density at radius 2 is 1.74 bits per heavy atom. The summed E-state index contributed by atoms with van der Waals surface area (Å²) in [5, 5.41) is 3.59. The summed E-state index contributed by atoms with van der Waals surface area (Å²) in [4.78, 5) is 27.6. The molecular weight excluding hydrogens is 412 g/mol. The van der Waals surface area contributed by atoms with Crippen LogP contribution in [-0.2, 0) is 16.0 Å². The quantitative estimate of drug-likeness (QED) is 0.616. The molecule has 5 nitrogen and oxygen atoms in total. The predicted molar refractivity (Wildman–Crippen MR) is 123 cm³/mol. The number of ether oxygens (including phenoxy) is 1. The maximum Gasteiger partial charge on any atom is 0.261 e. The van der Waals surface area contributed by atoms with Crippen molar-refractivity contribution in [2.75, 3.05) is 13.2 Å². The van der Waals surface area contributed by atoms with Crippen molar-refractivity contribution in [3.8, 4) is 5.75 Å². The highest BCUT2D eigenvalue weighted by Gasteiger charge is 2.28. The van der Waals surface area contributed by atoms with E-state index in [-0.39, 0.29) is 24.5 Å². The zero-order valence-electron chi connectivity index (χ0n) is 18.1. The maximum atomic E-state index is 13.1. The fourth-order valence-corrected chi connectivity index (χ4v) is 4.11. The SMILES string of the molecule is C[C@@H](C(=O)NC1CCCCC1)N(CCc1ccccc1)C(=O)COc1ccccc1Cl. The Balaban J connectivity index is 1.65. The van der Waals surface area contributed by atoms with E-state index < -0.39 is 6.04 Å². The molecule has 1 saturated carbocycles. The van der Waals surface area contributed by atoms with E-state index in [1.165, 1.54) is 6.42 Å². The second kappa shape index (κ2) is 11.8. The zero-order chi connectivity index (χ0) is 22.1. The summed E-state index contributed by atoms with van der Waals surface area (Å²) < 4.78 is 5.66. The third-order valence-electron chi connectivity index (χ3n) is 5.79. The third-order valence-corrected chi connectivity index (χ3v) is 6.10. The van der Waals surface area contributed by atoms with Crippen LogP contribution in [0.15, 0.2) is 54.6 Å². The number of amides is 2. The molecular formula is C25H31ClN2O3. The van der Waals surface area contributed by atoms with Gasteiger partial charge < -0.3 is 15.0 Å². The van der Waals surface area contributed by atoms with Crippen LogP contribution in [0.4, 0.5) is 0 Å². The monoisotopic (exact) mass is 442 g/mol. The first kappa shape index (κ1) is 23.1. The van der Waals surface area contributed by atoms with Crippen LogP contribution in [0.25, 0.3) is 0 Å². The summed E-state index contributed by atoms with van der Waals surface area (Å²) in [7, 11) is 0. The number of nitrogens with one attached hydrogen (secondary N) is 1.